The van der Waals surface area contributed by atoms with Crippen molar-refractivity contribution in [3.63, 3.8) is 0 Å². The van der Waals surface area contributed by atoms with Crippen LogP contribution in [0.25, 0.3) is 88.8 Å². The third-order valence-corrected chi connectivity index (χ3v) is 9.43. The topological polar surface area (TPSA) is 38.7 Å². The lowest BCUT2D eigenvalue weighted by atomic mass is 9.96. The van der Waals surface area contributed by atoms with Gasteiger partial charge in [-0.3, -0.25) is 4.98 Å². The highest BCUT2D eigenvalue weighted by molar-refractivity contribution is 5.98. The third-order valence-electron chi connectivity index (χ3n) is 9.43. The van der Waals surface area contributed by atoms with E-state index in [0.717, 1.165) is 44.8 Å². The molecule has 3 heteroatoms. The van der Waals surface area contributed by atoms with Gasteiger partial charge in [-0.05, 0) is 67.1 Å². The molecule has 0 aliphatic carbocycles. The van der Waals surface area contributed by atoms with E-state index in [9.17, 15) is 0 Å². The van der Waals surface area contributed by atoms with Gasteiger partial charge in [0, 0.05) is 29.1 Å². The zero-order valence-corrected chi connectivity index (χ0v) is 27.2. The first-order chi connectivity index (χ1) is 24.8. The number of nitrogens with zero attached hydrogens (tertiary/aromatic N) is 3. The summed E-state index contributed by atoms with van der Waals surface area (Å²) in [6.07, 6.45) is 3.69. The highest BCUT2D eigenvalue weighted by Gasteiger charge is 2.13. The minimum absolute atomic E-state index is 0.691. The maximum atomic E-state index is 5.15. The Kier molecular flexibility index (Phi) is 7.49. The molecule has 0 amide bonds. The van der Waals surface area contributed by atoms with E-state index in [1.54, 1.807) is 6.20 Å². The molecule has 0 N–H and O–H groups in total. The molecule has 0 unspecified atom stereocenters. The Balaban J connectivity index is 1.12. The van der Waals surface area contributed by atoms with Crippen molar-refractivity contribution in [3.05, 3.63) is 188 Å². The van der Waals surface area contributed by atoms with E-state index in [1.807, 2.05) is 12.3 Å². The van der Waals surface area contributed by atoms with Gasteiger partial charge in [0.1, 0.15) is 0 Å². The molecule has 0 aliphatic rings. The molecule has 0 bridgehead atoms. The van der Waals surface area contributed by atoms with Gasteiger partial charge in [-0.15, -0.1) is 0 Å². The van der Waals surface area contributed by atoms with Crippen LogP contribution in [0.1, 0.15) is 0 Å². The van der Waals surface area contributed by atoms with E-state index < -0.39 is 0 Å². The average Bonchev–Trinajstić information content (AvgIpc) is 3.21. The molecule has 2 aromatic heterocycles. The third kappa shape index (κ3) is 5.61. The van der Waals surface area contributed by atoms with Crippen LogP contribution in [0.15, 0.2) is 188 Å². The summed E-state index contributed by atoms with van der Waals surface area (Å²) in [7, 11) is 0. The fourth-order valence-corrected chi connectivity index (χ4v) is 6.81. The van der Waals surface area contributed by atoms with Crippen molar-refractivity contribution in [2.45, 2.75) is 0 Å². The monoisotopic (exact) mass is 637 g/mol. The molecule has 0 atom stereocenters. The summed E-state index contributed by atoms with van der Waals surface area (Å²) in [6, 6.07) is 62.0. The number of fused-ring (bicyclic) bond motifs is 2. The van der Waals surface area contributed by atoms with Crippen LogP contribution in [0.4, 0.5) is 0 Å². The maximum absolute atomic E-state index is 5.15. The smallest absolute Gasteiger partial charge is 0.160 e. The standard InChI is InChI=1S/C47H31N3/c1-3-13-41-33(8-1)10-5-15-43(41)35-19-25-38(26-20-35)46-30-45(37-23-17-32(18-24-37)40-12-7-29-48-31-40)49-47(50-46)39-27-21-36(22-28-39)44-16-6-11-34-9-2-4-14-42(34)44/h1-31H. The molecular formula is C47H31N3. The number of pyridine rings is 1. The molecule has 9 aromatic rings. The number of aromatic nitrogens is 3. The van der Waals surface area contributed by atoms with Crippen LogP contribution in [-0.4, -0.2) is 15.0 Å². The molecule has 0 saturated heterocycles. The second-order valence-corrected chi connectivity index (χ2v) is 12.5. The van der Waals surface area contributed by atoms with Gasteiger partial charge in [0.15, 0.2) is 5.82 Å². The summed E-state index contributed by atoms with van der Waals surface area (Å²) in [4.78, 5) is 14.6. The summed E-state index contributed by atoms with van der Waals surface area (Å²) in [6.45, 7) is 0. The van der Waals surface area contributed by atoms with E-state index in [4.69, 9.17) is 9.97 Å². The fourth-order valence-electron chi connectivity index (χ4n) is 6.81. The fraction of sp³-hybridized carbons (Fsp3) is 0. The van der Waals surface area contributed by atoms with E-state index in [-0.39, 0.29) is 0 Å². The highest BCUT2D eigenvalue weighted by Crippen LogP contribution is 2.34. The largest absolute Gasteiger partial charge is 0.264 e. The van der Waals surface area contributed by atoms with Gasteiger partial charge in [0.25, 0.3) is 0 Å². The first-order valence-corrected chi connectivity index (χ1v) is 16.8. The molecule has 0 aliphatic heterocycles. The van der Waals surface area contributed by atoms with Gasteiger partial charge in [-0.25, -0.2) is 9.97 Å². The van der Waals surface area contributed by atoms with Crippen molar-refractivity contribution in [2.24, 2.45) is 0 Å². The molecular weight excluding hydrogens is 607 g/mol. The van der Waals surface area contributed by atoms with Gasteiger partial charge >= 0.3 is 0 Å². The highest BCUT2D eigenvalue weighted by atomic mass is 14.9. The van der Waals surface area contributed by atoms with Gasteiger partial charge in [-0.1, -0.05) is 164 Å². The molecule has 3 nitrogen and oxygen atoms in total. The predicted molar refractivity (Wildman–Crippen MR) is 207 cm³/mol. The molecule has 50 heavy (non-hydrogen) atoms. The van der Waals surface area contributed by atoms with Crippen LogP contribution < -0.4 is 0 Å². The van der Waals surface area contributed by atoms with Crippen molar-refractivity contribution in [3.8, 4) is 67.3 Å². The Morgan fingerprint density at radius 2 is 0.780 bits per heavy atom. The number of rotatable bonds is 6. The Hall–Kier alpha value is -6.71. The zero-order chi connectivity index (χ0) is 33.3. The van der Waals surface area contributed by atoms with Crippen molar-refractivity contribution in [1.82, 2.24) is 15.0 Å². The van der Waals surface area contributed by atoms with Crippen molar-refractivity contribution in [2.75, 3.05) is 0 Å². The van der Waals surface area contributed by atoms with E-state index >= 15 is 0 Å². The summed E-state index contributed by atoms with van der Waals surface area (Å²) < 4.78 is 0. The Bertz CT molecular complexity index is 2460. The van der Waals surface area contributed by atoms with E-state index in [2.05, 4.69) is 175 Å². The summed E-state index contributed by atoms with van der Waals surface area (Å²) in [5, 5.41) is 4.96. The SMILES string of the molecule is c1cncc(-c2ccc(-c3cc(-c4ccc(-c5cccc6ccccc56)cc4)nc(-c4ccc(-c5cccc6ccccc56)cc4)n3)cc2)c1. The molecule has 2 heterocycles. The van der Waals surface area contributed by atoms with Crippen molar-refractivity contribution in [1.29, 1.82) is 0 Å². The van der Waals surface area contributed by atoms with Crippen molar-refractivity contribution < 1.29 is 0 Å². The quantitative estimate of drug-likeness (QED) is 0.182. The zero-order valence-electron chi connectivity index (χ0n) is 27.2. The minimum Gasteiger partial charge on any atom is -0.264 e. The van der Waals surface area contributed by atoms with Gasteiger partial charge in [0.2, 0.25) is 0 Å². The number of benzene rings is 7. The van der Waals surface area contributed by atoms with E-state index in [0.29, 0.717) is 5.82 Å². The molecule has 9 rings (SSSR count). The van der Waals surface area contributed by atoms with Crippen LogP contribution in [0.5, 0.6) is 0 Å². The molecule has 7 aromatic carbocycles. The normalized spacial score (nSPS) is 11.2. The lowest BCUT2D eigenvalue weighted by molar-refractivity contribution is 1.18. The Morgan fingerprint density at radius 3 is 1.30 bits per heavy atom. The summed E-state index contributed by atoms with van der Waals surface area (Å²) >= 11 is 0. The second kappa shape index (κ2) is 12.7. The van der Waals surface area contributed by atoms with Gasteiger partial charge < -0.3 is 0 Å². The lowest BCUT2D eigenvalue weighted by Gasteiger charge is -2.12. The molecule has 0 radical (unpaired) electrons. The summed E-state index contributed by atoms with van der Waals surface area (Å²) in [5.74, 6) is 0.691. The Morgan fingerprint density at radius 1 is 0.320 bits per heavy atom. The van der Waals surface area contributed by atoms with Crippen LogP contribution in [0, 0.1) is 0 Å². The number of hydrogen-bond acceptors (Lipinski definition) is 3. The molecule has 234 valence electrons. The van der Waals surface area contributed by atoms with Gasteiger partial charge in [-0.2, -0.15) is 0 Å². The van der Waals surface area contributed by atoms with E-state index in [1.165, 1.54) is 38.2 Å². The second-order valence-electron chi connectivity index (χ2n) is 12.5. The first-order valence-electron chi connectivity index (χ1n) is 16.8. The molecule has 0 fully saturated rings. The molecule has 0 spiro atoms. The predicted octanol–water partition coefficient (Wildman–Crippen LogP) is 12.2. The van der Waals surface area contributed by atoms with Crippen molar-refractivity contribution >= 4 is 21.5 Å². The first kappa shape index (κ1) is 29.4. The lowest BCUT2D eigenvalue weighted by Crippen LogP contribution is -1.96. The average molecular weight is 638 g/mol. The summed E-state index contributed by atoms with van der Waals surface area (Å²) in [5.41, 5.74) is 11.8. The van der Waals surface area contributed by atoms with Crippen LogP contribution in [0.3, 0.4) is 0 Å². The Labute approximate surface area is 291 Å². The van der Waals surface area contributed by atoms with Crippen LogP contribution in [-0.2, 0) is 0 Å². The molecule has 0 saturated carbocycles. The van der Waals surface area contributed by atoms with Crippen LogP contribution in [0.2, 0.25) is 0 Å². The van der Waals surface area contributed by atoms with Gasteiger partial charge in [0.05, 0.1) is 11.4 Å². The maximum Gasteiger partial charge on any atom is 0.160 e. The number of hydrogen-bond donors (Lipinski definition) is 0. The van der Waals surface area contributed by atoms with Crippen LogP contribution >= 0.6 is 0 Å². The minimum atomic E-state index is 0.691.